The van der Waals surface area contributed by atoms with Crippen LogP contribution >= 0.6 is 11.3 Å². The van der Waals surface area contributed by atoms with E-state index in [1.165, 1.54) is 18.3 Å². The van der Waals surface area contributed by atoms with Gasteiger partial charge in [-0.3, -0.25) is 4.79 Å². The van der Waals surface area contributed by atoms with E-state index in [4.69, 9.17) is 10.00 Å². The van der Waals surface area contributed by atoms with E-state index in [1.807, 2.05) is 19.1 Å². The van der Waals surface area contributed by atoms with Crippen molar-refractivity contribution in [1.29, 1.82) is 5.26 Å². The fraction of sp³-hybridized carbons (Fsp3) is 0.188. The number of nitriles is 1. The highest BCUT2D eigenvalue weighted by Gasteiger charge is 2.20. The third kappa shape index (κ3) is 3.93. The van der Waals surface area contributed by atoms with Gasteiger partial charge < -0.3 is 10.1 Å². The first-order valence-corrected chi connectivity index (χ1v) is 7.39. The number of amides is 1. The van der Waals surface area contributed by atoms with Crippen LogP contribution in [0.15, 0.2) is 36.4 Å². The molecule has 0 saturated heterocycles. The lowest BCUT2D eigenvalue weighted by molar-refractivity contribution is -0.123. The van der Waals surface area contributed by atoms with E-state index in [-0.39, 0.29) is 0 Å². The Morgan fingerprint density at radius 1 is 1.32 bits per heavy atom. The number of rotatable bonds is 4. The number of nitrogens with one attached hydrogen (secondary N) is 1. The molecule has 1 atom stereocenters. The van der Waals surface area contributed by atoms with E-state index in [2.05, 4.69) is 5.32 Å². The Labute approximate surface area is 132 Å². The SMILES string of the molecule is Cc1ccc(C(=O)O[C@@H](C)C(=O)Nc2cccc(C#N)c2)s1. The predicted molar refractivity (Wildman–Crippen MR) is 83.7 cm³/mol. The summed E-state index contributed by atoms with van der Waals surface area (Å²) in [6.45, 7) is 3.39. The van der Waals surface area contributed by atoms with E-state index in [9.17, 15) is 9.59 Å². The molecule has 0 bridgehead atoms. The molecule has 1 amide bonds. The lowest BCUT2D eigenvalue weighted by atomic mass is 10.2. The van der Waals surface area contributed by atoms with Gasteiger partial charge in [0.05, 0.1) is 11.6 Å². The van der Waals surface area contributed by atoms with Crippen molar-refractivity contribution < 1.29 is 14.3 Å². The summed E-state index contributed by atoms with van der Waals surface area (Å²) < 4.78 is 5.13. The molecular weight excluding hydrogens is 300 g/mol. The van der Waals surface area contributed by atoms with Gasteiger partial charge in [-0.05, 0) is 44.2 Å². The van der Waals surface area contributed by atoms with Crippen LogP contribution in [0.1, 0.15) is 27.0 Å². The molecule has 1 heterocycles. The molecule has 0 saturated carbocycles. The van der Waals surface area contributed by atoms with Gasteiger partial charge in [0.1, 0.15) is 4.88 Å². The molecule has 2 rings (SSSR count). The van der Waals surface area contributed by atoms with Crippen LogP contribution in [0, 0.1) is 18.3 Å². The van der Waals surface area contributed by atoms with Crippen molar-refractivity contribution in [1.82, 2.24) is 0 Å². The van der Waals surface area contributed by atoms with Gasteiger partial charge in [0.25, 0.3) is 5.91 Å². The Bertz CT molecular complexity index is 746. The van der Waals surface area contributed by atoms with Crippen molar-refractivity contribution in [3.8, 4) is 6.07 Å². The zero-order chi connectivity index (χ0) is 16.1. The standard InChI is InChI=1S/C16H14N2O3S/c1-10-6-7-14(22-10)16(20)21-11(2)15(19)18-13-5-3-4-12(8-13)9-17/h3-8,11H,1-2H3,(H,18,19)/t11-/m0/s1. The Hall–Kier alpha value is -2.65. The van der Waals surface area contributed by atoms with Gasteiger partial charge in [-0.15, -0.1) is 11.3 Å². The first-order chi connectivity index (χ1) is 10.5. The minimum Gasteiger partial charge on any atom is -0.448 e. The third-order valence-corrected chi connectivity index (χ3v) is 3.83. The summed E-state index contributed by atoms with van der Waals surface area (Å²) in [5.41, 5.74) is 0.926. The van der Waals surface area contributed by atoms with Crippen molar-refractivity contribution in [2.75, 3.05) is 5.32 Å². The number of aryl methyl sites for hydroxylation is 1. The number of hydrogen-bond donors (Lipinski definition) is 1. The molecule has 0 unspecified atom stereocenters. The lowest BCUT2D eigenvalue weighted by Crippen LogP contribution is -2.29. The van der Waals surface area contributed by atoms with Gasteiger partial charge in [-0.25, -0.2) is 4.79 Å². The topological polar surface area (TPSA) is 79.2 Å². The van der Waals surface area contributed by atoms with Gasteiger partial charge in [0.15, 0.2) is 6.10 Å². The number of hydrogen-bond acceptors (Lipinski definition) is 5. The molecule has 1 aromatic heterocycles. The van der Waals surface area contributed by atoms with Gasteiger partial charge >= 0.3 is 5.97 Å². The van der Waals surface area contributed by atoms with E-state index in [0.717, 1.165) is 4.88 Å². The molecule has 0 aliphatic heterocycles. The molecule has 112 valence electrons. The monoisotopic (exact) mass is 314 g/mol. The molecule has 1 aromatic carbocycles. The lowest BCUT2D eigenvalue weighted by Gasteiger charge is -2.13. The Kier molecular flexibility index (Phi) is 4.92. The molecule has 5 nitrogen and oxygen atoms in total. The smallest absolute Gasteiger partial charge is 0.349 e. The quantitative estimate of drug-likeness (QED) is 0.879. The van der Waals surface area contributed by atoms with Crippen molar-refractivity contribution in [3.05, 3.63) is 51.7 Å². The predicted octanol–water partition coefficient (Wildman–Crippen LogP) is 3.11. The zero-order valence-corrected chi connectivity index (χ0v) is 12.9. The zero-order valence-electron chi connectivity index (χ0n) is 12.1. The first-order valence-electron chi connectivity index (χ1n) is 6.58. The van der Waals surface area contributed by atoms with E-state index >= 15 is 0 Å². The number of ether oxygens (including phenoxy) is 1. The summed E-state index contributed by atoms with van der Waals surface area (Å²) in [5, 5.41) is 11.4. The normalized spacial score (nSPS) is 11.3. The summed E-state index contributed by atoms with van der Waals surface area (Å²) in [5.74, 6) is -0.969. The molecule has 0 aliphatic rings. The maximum absolute atomic E-state index is 12.0. The largest absolute Gasteiger partial charge is 0.448 e. The second-order valence-corrected chi connectivity index (χ2v) is 5.93. The molecule has 0 aliphatic carbocycles. The van der Waals surface area contributed by atoms with Gasteiger partial charge in [-0.1, -0.05) is 6.07 Å². The van der Waals surface area contributed by atoms with Gasteiger partial charge in [0, 0.05) is 10.6 Å². The number of benzene rings is 1. The molecule has 1 N–H and O–H groups in total. The van der Waals surface area contributed by atoms with Crippen molar-refractivity contribution >= 4 is 28.9 Å². The van der Waals surface area contributed by atoms with Crippen LogP contribution in [0.4, 0.5) is 5.69 Å². The summed E-state index contributed by atoms with van der Waals surface area (Å²) in [7, 11) is 0. The molecule has 2 aromatic rings. The first kappa shape index (κ1) is 15.7. The minimum absolute atomic E-state index is 0.441. The second-order valence-electron chi connectivity index (χ2n) is 4.64. The molecule has 6 heteroatoms. The fourth-order valence-electron chi connectivity index (χ4n) is 1.73. The van der Waals surface area contributed by atoms with Crippen LogP contribution < -0.4 is 5.32 Å². The molecular formula is C16H14N2O3S. The average Bonchev–Trinajstić information content (AvgIpc) is 2.94. The van der Waals surface area contributed by atoms with E-state index in [1.54, 1.807) is 30.3 Å². The Balaban J connectivity index is 1.97. The van der Waals surface area contributed by atoms with Crippen LogP contribution in [0.25, 0.3) is 0 Å². The van der Waals surface area contributed by atoms with E-state index < -0.39 is 18.0 Å². The molecule has 0 radical (unpaired) electrons. The summed E-state index contributed by atoms with van der Waals surface area (Å²) in [4.78, 5) is 25.4. The fourth-order valence-corrected chi connectivity index (χ4v) is 2.48. The number of esters is 1. The Morgan fingerprint density at radius 3 is 2.73 bits per heavy atom. The van der Waals surface area contributed by atoms with Crippen LogP contribution in [0.3, 0.4) is 0 Å². The van der Waals surface area contributed by atoms with Crippen LogP contribution in [-0.4, -0.2) is 18.0 Å². The van der Waals surface area contributed by atoms with Crippen LogP contribution in [0.2, 0.25) is 0 Å². The molecule has 0 spiro atoms. The van der Waals surface area contributed by atoms with Crippen molar-refractivity contribution in [2.45, 2.75) is 20.0 Å². The highest BCUT2D eigenvalue weighted by atomic mass is 32.1. The summed E-state index contributed by atoms with van der Waals surface area (Å²) in [6, 6.07) is 12.0. The maximum Gasteiger partial charge on any atom is 0.349 e. The number of thiophene rings is 1. The summed E-state index contributed by atoms with van der Waals surface area (Å²) in [6.07, 6.45) is -0.930. The summed E-state index contributed by atoms with van der Waals surface area (Å²) >= 11 is 1.32. The molecule has 22 heavy (non-hydrogen) atoms. The highest BCUT2D eigenvalue weighted by Crippen LogP contribution is 2.17. The third-order valence-electron chi connectivity index (χ3n) is 2.85. The number of anilines is 1. The average molecular weight is 314 g/mol. The maximum atomic E-state index is 12.0. The van der Waals surface area contributed by atoms with Crippen LogP contribution in [-0.2, 0) is 9.53 Å². The Morgan fingerprint density at radius 2 is 2.09 bits per heavy atom. The van der Waals surface area contributed by atoms with Gasteiger partial charge in [0.2, 0.25) is 0 Å². The van der Waals surface area contributed by atoms with Crippen molar-refractivity contribution in [3.63, 3.8) is 0 Å². The minimum atomic E-state index is -0.930. The van der Waals surface area contributed by atoms with Gasteiger partial charge in [-0.2, -0.15) is 5.26 Å². The van der Waals surface area contributed by atoms with Crippen molar-refractivity contribution in [2.24, 2.45) is 0 Å². The van der Waals surface area contributed by atoms with E-state index in [0.29, 0.717) is 16.1 Å². The highest BCUT2D eigenvalue weighted by molar-refractivity contribution is 7.13. The molecule has 0 fully saturated rings. The van der Waals surface area contributed by atoms with Crippen LogP contribution in [0.5, 0.6) is 0 Å². The number of carbonyl (C=O) groups is 2. The number of nitrogens with zero attached hydrogens (tertiary/aromatic N) is 1. The second kappa shape index (κ2) is 6.87. The number of carbonyl (C=O) groups excluding carboxylic acids is 2.